The molecule has 0 N–H and O–H groups in total. The van der Waals surface area contributed by atoms with E-state index >= 15 is 0 Å². The molecule has 45 heavy (non-hydrogen) atoms. The summed E-state index contributed by atoms with van der Waals surface area (Å²) < 4.78 is 3.52. The van der Waals surface area contributed by atoms with E-state index in [4.69, 9.17) is 23.2 Å². The fourth-order valence-electron chi connectivity index (χ4n) is 6.96. The summed E-state index contributed by atoms with van der Waals surface area (Å²) in [7, 11) is 0. The predicted molar refractivity (Wildman–Crippen MR) is 183 cm³/mol. The molecule has 0 saturated carbocycles. The molecule has 0 amide bonds. The van der Waals surface area contributed by atoms with E-state index in [0.29, 0.717) is 9.54 Å². The maximum Gasteiger partial charge on any atom is -1.00 e. The van der Waals surface area contributed by atoms with Crippen molar-refractivity contribution < 1.29 is 46.1 Å². The zero-order valence-electron chi connectivity index (χ0n) is 26.8. The van der Waals surface area contributed by atoms with Crippen molar-refractivity contribution in [1.29, 1.82) is 0 Å². The van der Waals surface area contributed by atoms with E-state index in [9.17, 15) is 0 Å². The second-order valence-electron chi connectivity index (χ2n) is 13.3. The average Bonchev–Trinajstić information content (AvgIpc) is 3.50. The first kappa shape index (κ1) is 36.1. The molecular formula is C40H40Cl4Zr. The van der Waals surface area contributed by atoms with Gasteiger partial charge in [-0.25, -0.2) is 0 Å². The number of hydrogen-bond acceptors (Lipinski definition) is 0. The first-order valence-corrected chi connectivity index (χ1v) is 20.1. The average molecular weight is 754 g/mol. The van der Waals surface area contributed by atoms with Crippen molar-refractivity contribution in [3.8, 4) is 11.1 Å². The summed E-state index contributed by atoms with van der Waals surface area (Å²) in [6, 6.07) is 31.4. The Morgan fingerprint density at radius 2 is 1.24 bits per heavy atom. The fraction of sp³-hybridized carbons (Fsp3) is 0.275. The topological polar surface area (TPSA) is 0 Å². The molecule has 2 aliphatic rings. The van der Waals surface area contributed by atoms with Crippen molar-refractivity contribution in [2.45, 2.75) is 58.0 Å². The molecule has 0 heterocycles. The van der Waals surface area contributed by atoms with E-state index in [-0.39, 0.29) is 30.2 Å². The number of fused-ring (bicyclic) bond motifs is 3. The molecule has 0 saturated heterocycles. The van der Waals surface area contributed by atoms with Gasteiger partial charge in [-0.1, -0.05) is 0 Å². The van der Waals surface area contributed by atoms with Crippen molar-refractivity contribution in [2.24, 2.45) is 11.3 Å². The number of halogens is 4. The molecule has 0 bridgehead atoms. The van der Waals surface area contributed by atoms with Crippen LogP contribution in [-0.4, -0.2) is 3.21 Å². The molecule has 4 aromatic rings. The van der Waals surface area contributed by atoms with E-state index in [1.165, 1.54) is 59.7 Å². The molecule has 1 atom stereocenters. The van der Waals surface area contributed by atoms with Crippen LogP contribution in [0.4, 0.5) is 0 Å². The van der Waals surface area contributed by atoms with E-state index in [1.54, 1.807) is 3.28 Å². The van der Waals surface area contributed by atoms with E-state index in [2.05, 4.69) is 126 Å². The minimum Gasteiger partial charge on any atom is -1.00 e. The van der Waals surface area contributed by atoms with Gasteiger partial charge in [0, 0.05) is 0 Å². The van der Waals surface area contributed by atoms with E-state index < -0.39 is 21.3 Å². The summed E-state index contributed by atoms with van der Waals surface area (Å²) in [4.78, 5) is 0. The minimum atomic E-state index is -2.94. The third-order valence-corrected chi connectivity index (χ3v) is 17.9. The molecule has 232 valence electrons. The third-order valence-electron chi connectivity index (χ3n) is 8.98. The maximum atomic E-state index is 6.75. The first-order valence-electron chi connectivity index (χ1n) is 15.5. The Balaban J connectivity index is 0.00000230. The van der Waals surface area contributed by atoms with Crippen LogP contribution in [0, 0.1) is 25.2 Å². The van der Waals surface area contributed by atoms with Gasteiger partial charge in [-0.3, -0.25) is 0 Å². The van der Waals surface area contributed by atoms with Crippen LogP contribution in [0.5, 0.6) is 0 Å². The molecule has 5 heteroatoms. The van der Waals surface area contributed by atoms with E-state index in [0.717, 1.165) is 16.5 Å². The second kappa shape index (κ2) is 14.6. The maximum absolute atomic E-state index is 6.75. The Hall–Kier alpha value is -1.73. The minimum absolute atomic E-state index is 0. The Labute approximate surface area is 299 Å². The number of hydrogen-bond donors (Lipinski definition) is 0. The van der Waals surface area contributed by atoms with Crippen molar-refractivity contribution in [3.63, 3.8) is 0 Å². The molecule has 0 nitrogen and oxygen atoms in total. The Morgan fingerprint density at radius 1 is 0.733 bits per heavy atom. The zero-order chi connectivity index (χ0) is 30.5. The molecule has 0 spiro atoms. The van der Waals surface area contributed by atoms with Crippen LogP contribution in [-0.2, 0) is 21.3 Å². The van der Waals surface area contributed by atoms with Gasteiger partial charge in [-0.05, 0) is 0 Å². The molecule has 2 aliphatic carbocycles. The molecular weight excluding hydrogens is 713 g/mol. The van der Waals surface area contributed by atoms with Crippen LogP contribution in [0.3, 0.4) is 0 Å². The third kappa shape index (κ3) is 7.25. The summed E-state index contributed by atoms with van der Waals surface area (Å²) in [5.41, 5.74) is 12.5. The number of allylic oxidation sites excluding steroid dienone is 4. The second-order valence-corrected chi connectivity index (χ2v) is 20.3. The SMILES string of the molecule is CCCC1C=C(C(C)(C)C)C=[C]1[Zr+2](=[C](c1cccc(Cl)c1)c1cccc(Cl)c1)[CH]1c2cc(C)ccc2-c2ccc(C)cc21.[Cl-].[Cl-]. The number of aryl methyl sites for hydroxylation is 2. The van der Waals surface area contributed by atoms with Crippen molar-refractivity contribution in [3.05, 3.63) is 149 Å². The van der Waals surface area contributed by atoms with Crippen LogP contribution < -0.4 is 24.8 Å². The Morgan fingerprint density at radius 3 is 1.69 bits per heavy atom. The van der Waals surface area contributed by atoms with Crippen molar-refractivity contribution in [1.82, 2.24) is 0 Å². The summed E-state index contributed by atoms with van der Waals surface area (Å²) in [5, 5.41) is 1.55. The van der Waals surface area contributed by atoms with Crippen LogP contribution in [0.1, 0.15) is 77.5 Å². The van der Waals surface area contributed by atoms with Crippen LogP contribution in [0.2, 0.25) is 10.0 Å². The van der Waals surface area contributed by atoms with Gasteiger partial charge in [-0.15, -0.1) is 0 Å². The van der Waals surface area contributed by atoms with Crippen molar-refractivity contribution in [2.75, 3.05) is 0 Å². The van der Waals surface area contributed by atoms with Gasteiger partial charge in [0.1, 0.15) is 0 Å². The monoisotopic (exact) mass is 750 g/mol. The van der Waals surface area contributed by atoms with Gasteiger partial charge < -0.3 is 24.8 Å². The molecule has 1 unspecified atom stereocenters. The molecule has 4 aromatic carbocycles. The molecule has 6 rings (SSSR count). The van der Waals surface area contributed by atoms with Crippen molar-refractivity contribution >= 4 is 26.4 Å². The van der Waals surface area contributed by atoms with Gasteiger partial charge in [-0.2, -0.15) is 0 Å². The molecule has 0 aromatic heterocycles. The first-order chi connectivity index (χ1) is 20.5. The molecule has 0 aliphatic heterocycles. The standard InChI is InChI=1S/C15H13.C13H8Cl2.C12H19.2ClH.Zr/c1-10-3-5-14-12(7-10)9-13-8-11(2)4-6-15(13)14;14-12-5-1-3-10(8-12)7-11-4-2-6-13(15)9-11;1-5-6-10-7-8-11(9-10)12(2,3)4;;;/h3-9H,1-2H3;1-6,8-9H;8-10H,5-6H2,1-4H3;2*1H;/q;;;;;+2/p-2. The molecule has 0 fully saturated rings. The summed E-state index contributed by atoms with van der Waals surface area (Å²) in [5.74, 6) is 0.448. The van der Waals surface area contributed by atoms with Gasteiger partial charge in [0.2, 0.25) is 0 Å². The van der Waals surface area contributed by atoms with E-state index in [1.807, 2.05) is 12.1 Å². The van der Waals surface area contributed by atoms with Crippen LogP contribution in [0.15, 0.2) is 106 Å². The quantitative estimate of drug-likeness (QED) is 0.232. The number of benzene rings is 4. The molecule has 0 radical (unpaired) electrons. The van der Waals surface area contributed by atoms with Gasteiger partial charge >= 0.3 is 278 Å². The summed E-state index contributed by atoms with van der Waals surface area (Å²) in [6.07, 6.45) is 7.57. The smallest absolute Gasteiger partial charge is 1.00 e. The van der Waals surface area contributed by atoms with Gasteiger partial charge in [0.15, 0.2) is 0 Å². The largest absolute Gasteiger partial charge is 1.00 e. The Kier molecular flexibility index (Phi) is 11.7. The van der Waals surface area contributed by atoms with Gasteiger partial charge in [0.05, 0.1) is 0 Å². The zero-order valence-corrected chi connectivity index (χ0v) is 32.3. The Bertz CT molecular complexity index is 1720. The van der Waals surface area contributed by atoms with Gasteiger partial charge in [0.25, 0.3) is 0 Å². The summed E-state index contributed by atoms with van der Waals surface area (Å²) in [6.45, 7) is 13.9. The predicted octanol–water partition coefficient (Wildman–Crippen LogP) is 5.86. The number of rotatable bonds is 6. The normalized spacial score (nSPS) is 15.1. The fourth-order valence-corrected chi connectivity index (χ4v) is 16.9. The van der Waals surface area contributed by atoms with Crippen LogP contribution >= 0.6 is 23.2 Å². The van der Waals surface area contributed by atoms with Crippen LogP contribution in [0.25, 0.3) is 11.1 Å². The summed E-state index contributed by atoms with van der Waals surface area (Å²) >= 11 is 10.6.